The summed E-state index contributed by atoms with van der Waals surface area (Å²) in [5, 5.41) is 3.36. The van der Waals surface area contributed by atoms with Gasteiger partial charge in [0.15, 0.2) is 0 Å². The molecule has 19 heavy (non-hydrogen) atoms. The first-order chi connectivity index (χ1) is 9.15. The van der Waals surface area contributed by atoms with Crippen molar-refractivity contribution in [3.63, 3.8) is 0 Å². The minimum absolute atomic E-state index is 0.474. The molecule has 100 valence electrons. The maximum atomic E-state index is 5.75. The smallest absolute Gasteiger partial charge is 0.219 e. The molecule has 1 aromatic carbocycles. The molecule has 0 unspecified atom stereocenters. The van der Waals surface area contributed by atoms with Gasteiger partial charge < -0.3 is 10.1 Å². The number of nitrogens with one attached hydrogen (secondary N) is 1. The maximum Gasteiger partial charge on any atom is 0.219 e. The van der Waals surface area contributed by atoms with Gasteiger partial charge in [0.2, 0.25) is 5.88 Å². The number of hydrogen-bond acceptors (Lipinski definition) is 3. The van der Waals surface area contributed by atoms with E-state index in [-0.39, 0.29) is 0 Å². The Labute approximate surface area is 127 Å². The zero-order valence-corrected chi connectivity index (χ0v) is 13.2. The topological polar surface area (TPSA) is 34.1 Å². The molecular weight excluding hydrogens is 351 g/mol. The summed E-state index contributed by atoms with van der Waals surface area (Å²) in [6.07, 6.45) is 1.85. The van der Waals surface area contributed by atoms with Crippen molar-refractivity contribution in [2.75, 3.05) is 0 Å². The van der Waals surface area contributed by atoms with E-state index >= 15 is 0 Å². The largest absolute Gasteiger partial charge is 0.438 e. The molecule has 2 rings (SSSR count). The molecule has 1 aromatic heterocycles. The van der Waals surface area contributed by atoms with Gasteiger partial charge in [-0.3, -0.25) is 0 Å². The third kappa shape index (κ3) is 4.47. The Hall–Kier alpha value is -1.14. The fourth-order valence-electron chi connectivity index (χ4n) is 1.54. The third-order valence-corrected chi connectivity index (χ3v) is 3.45. The van der Waals surface area contributed by atoms with Crippen LogP contribution in [0.5, 0.6) is 11.6 Å². The van der Waals surface area contributed by atoms with E-state index in [1.807, 2.05) is 42.6 Å². The van der Waals surface area contributed by atoms with Crippen LogP contribution in [-0.4, -0.2) is 11.0 Å². The van der Waals surface area contributed by atoms with E-state index < -0.39 is 0 Å². The van der Waals surface area contributed by atoms with Crippen molar-refractivity contribution >= 4 is 22.6 Å². The van der Waals surface area contributed by atoms with Crippen molar-refractivity contribution < 1.29 is 4.74 Å². The quantitative estimate of drug-likeness (QED) is 0.811. The fraction of sp³-hybridized carbons (Fsp3) is 0.267. The summed E-state index contributed by atoms with van der Waals surface area (Å²) in [5.41, 5.74) is 1.16. The number of hydrogen-bond donors (Lipinski definition) is 1. The highest BCUT2D eigenvalue weighted by Crippen LogP contribution is 2.24. The van der Waals surface area contributed by atoms with Crippen LogP contribution in [0.3, 0.4) is 0 Å². The molecule has 4 heteroatoms. The second-order valence-corrected chi connectivity index (χ2v) is 5.73. The monoisotopic (exact) mass is 368 g/mol. The molecule has 2 aromatic rings. The molecule has 0 aliphatic heterocycles. The zero-order valence-electron chi connectivity index (χ0n) is 11.1. The summed E-state index contributed by atoms with van der Waals surface area (Å²) in [6.45, 7) is 5.08. The second kappa shape index (κ2) is 6.86. The molecular formula is C15H17IN2O. The maximum absolute atomic E-state index is 5.75. The van der Waals surface area contributed by atoms with Crippen molar-refractivity contribution in [2.45, 2.75) is 26.4 Å². The van der Waals surface area contributed by atoms with Gasteiger partial charge in [0.25, 0.3) is 0 Å². The minimum atomic E-state index is 0.474. The standard InChI is InChI=1S/C15H17IN2O/c1-11(2)17-9-12-7-8-15(18-10-12)19-14-6-4-3-5-13(14)16/h3-8,10-11,17H,9H2,1-2H3. The predicted molar refractivity (Wildman–Crippen MR) is 85.4 cm³/mol. The molecule has 0 amide bonds. The van der Waals surface area contributed by atoms with Crippen molar-refractivity contribution in [3.05, 3.63) is 51.7 Å². The van der Waals surface area contributed by atoms with Crippen LogP contribution >= 0.6 is 22.6 Å². The van der Waals surface area contributed by atoms with Crippen LogP contribution in [0.15, 0.2) is 42.6 Å². The van der Waals surface area contributed by atoms with E-state index in [2.05, 4.69) is 46.7 Å². The van der Waals surface area contributed by atoms with Crippen LogP contribution < -0.4 is 10.1 Å². The molecule has 3 nitrogen and oxygen atoms in total. The SMILES string of the molecule is CC(C)NCc1ccc(Oc2ccccc2I)nc1. The van der Waals surface area contributed by atoms with Gasteiger partial charge in [0.1, 0.15) is 5.75 Å². The van der Waals surface area contributed by atoms with Crippen molar-refractivity contribution in [2.24, 2.45) is 0 Å². The van der Waals surface area contributed by atoms with E-state index in [0.29, 0.717) is 11.9 Å². The summed E-state index contributed by atoms with van der Waals surface area (Å²) in [4.78, 5) is 4.33. The Morgan fingerprint density at radius 3 is 2.63 bits per heavy atom. The lowest BCUT2D eigenvalue weighted by molar-refractivity contribution is 0.459. The number of benzene rings is 1. The van der Waals surface area contributed by atoms with Gasteiger partial charge in [-0.05, 0) is 40.3 Å². The van der Waals surface area contributed by atoms with Gasteiger partial charge in [-0.15, -0.1) is 0 Å². The molecule has 0 fully saturated rings. The Balaban J connectivity index is 2.01. The summed E-state index contributed by atoms with van der Waals surface area (Å²) < 4.78 is 6.83. The third-order valence-electron chi connectivity index (χ3n) is 2.56. The molecule has 0 saturated heterocycles. The number of para-hydroxylation sites is 1. The number of nitrogens with zero attached hydrogens (tertiary/aromatic N) is 1. The lowest BCUT2D eigenvalue weighted by Gasteiger charge is -2.09. The van der Waals surface area contributed by atoms with E-state index in [1.165, 1.54) is 0 Å². The van der Waals surface area contributed by atoms with Gasteiger partial charge in [0.05, 0.1) is 3.57 Å². The van der Waals surface area contributed by atoms with Gasteiger partial charge in [-0.1, -0.05) is 32.0 Å². The van der Waals surface area contributed by atoms with Gasteiger partial charge >= 0.3 is 0 Å². The van der Waals surface area contributed by atoms with Crippen molar-refractivity contribution in [3.8, 4) is 11.6 Å². The molecule has 0 spiro atoms. The van der Waals surface area contributed by atoms with Crippen LogP contribution in [0.1, 0.15) is 19.4 Å². The highest BCUT2D eigenvalue weighted by Gasteiger charge is 2.03. The van der Waals surface area contributed by atoms with Crippen molar-refractivity contribution in [1.82, 2.24) is 10.3 Å². The number of rotatable bonds is 5. The predicted octanol–water partition coefficient (Wildman–Crippen LogP) is 3.98. The number of aromatic nitrogens is 1. The molecule has 0 bridgehead atoms. The first-order valence-corrected chi connectivity index (χ1v) is 7.33. The van der Waals surface area contributed by atoms with Crippen LogP contribution in [0.2, 0.25) is 0 Å². The molecule has 0 radical (unpaired) electrons. The lowest BCUT2D eigenvalue weighted by Crippen LogP contribution is -2.21. The first kappa shape index (κ1) is 14.3. The Morgan fingerprint density at radius 1 is 1.21 bits per heavy atom. The van der Waals surface area contributed by atoms with Crippen LogP contribution in [-0.2, 0) is 6.54 Å². The van der Waals surface area contributed by atoms with E-state index in [9.17, 15) is 0 Å². The zero-order chi connectivity index (χ0) is 13.7. The molecule has 0 aliphatic carbocycles. The number of pyridine rings is 1. The summed E-state index contributed by atoms with van der Waals surface area (Å²) in [6, 6.07) is 12.3. The normalized spacial score (nSPS) is 10.7. The Morgan fingerprint density at radius 2 is 2.00 bits per heavy atom. The van der Waals surface area contributed by atoms with E-state index in [1.54, 1.807) is 0 Å². The molecule has 1 N–H and O–H groups in total. The molecule has 0 aliphatic rings. The van der Waals surface area contributed by atoms with Gasteiger partial charge in [-0.2, -0.15) is 0 Å². The van der Waals surface area contributed by atoms with Crippen LogP contribution in [0, 0.1) is 3.57 Å². The van der Waals surface area contributed by atoms with E-state index in [0.717, 1.165) is 21.4 Å². The van der Waals surface area contributed by atoms with E-state index in [4.69, 9.17) is 4.74 Å². The summed E-state index contributed by atoms with van der Waals surface area (Å²) in [5.74, 6) is 1.46. The fourth-order valence-corrected chi connectivity index (χ4v) is 2.04. The first-order valence-electron chi connectivity index (χ1n) is 6.26. The number of halogens is 1. The van der Waals surface area contributed by atoms with Gasteiger partial charge in [-0.25, -0.2) is 4.98 Å². The highest BCUT2D eigenvalue weighted by atomic mass is 127. The van der Waals surface area contributed by atoms with Crippen LogP contribution in [0.4, 0.5) is 0 Å². The van der Waals surface area contributed by atoms with Crippen molar-refractivity contribution in [1.29, 1.82) is 0 Å². The number of ether oxygens (including phenoxy) is 1. The molecule has 0 atom stereocenters. The second-order valence-electron chi connectivity index (χ2n) is 4.57. The average molecular weight is 368 g/mol. The average Bonchev–Trinajstić information content (AvgIpc) is 2.40. The summed E-state index contributed by atoms with van der Waals surface area (Å²) in [7, 11) is 0. The minimum Gasteiger partial charge on any atom is -0.438 e. The van der Waals surface area contributed by atoms with Gasteiger partial charge in [0, 0.05) is 24.8 Å². The Kier molecular flexibility index (Phi) is 5.15. The van der Waals surface area contributed by atoms with Crippen LogP contribution in [0.25, 0.3) is 0 Å². The lowest BCUT2D eigenvalue weighted by atomic mass is 10.2. The summed E-state index contributed by atoms with van der Waals surface area (Å²) >= 11 is 2.25. The highest BCUT2D eigenvalue weighted by molar-refractivity contribution is 14.1. The molecule has 1 heterocycles. The Bertz CT molecular complexity index is 526. The molecule has 0 saturated carbocycles.